The Balaban J connectivity index is 2.32. The first-order valence-electron chi connectivity index (χ1n) is 5.66. The predicted octanol–water partition coefficient (Wildman–Crippen LogP) is 3.52. The molecule has 0 aliphatic rings. The lowest BCUT2D eigenvalue weighted by Crippen LogP contribution is -2.00. The molecule has 0 radical (unpaired) electrons. The first-order valence-corrected chi connectivity index (χ1v) is 6.73. The van der Waals surface area contributed by atoms with E-state index in [4.69, 9.17) is 5.73 Å². The Morgan fingerprint density at radius 2 is 2.00 bits per heavy atom. The SMILES string of the molecule is Cc1cccc(-n2c(N)nc3cc(I)ccc32)c1. The van der Waals surface area contributed by atoms with Gasteiger partial charge in [0.05, 0.1) is 11.0 Å². The summed E-state index contributed by atoms with van der Waals surface area (Å²) in [7, 11) is 0. The first-order chi connectivity index (χ1) is 8.65. The van der Waals surface area contributed by atoms with Crippen LogP contribution in [0, 0.1) is 10.5 Å². The van der Waals surface area contributed by atoms with Crippen molar-refractivity contribution in [3.05, 3.63) is 51.6 Å². The van der Waals surface area contributed by atoms with Gasteiger partial charge in [0.25, 0.3) is 0 Å². The van der Waals surface area contributed by atoms with E-state index in [2.05, 4.69) is 58.8 Å². The van der Waals surface area contributed by atoms with E-state index in [1.165, 1.54) is 5.56 Å². The minimum atomic E-state index is 0.526. The lowest BCUT2D eigenvalue weighted by molar-refractivity contribution is 1.10. The van der Waals surface area contributed by atoms with Crippen LogP contribution in [-0.4, -0.2) is 9.55 Å². The lowest BCUT2D eigenvalue weighted by Gasteiger charge is -2.07. The van der Waals surface area contributed by atoms with E-state index in [-0.39, 0.29) is 0 Å². The normalized spacial score (nSPS) is 11.0. The summed E-state index contributed by atoms with van der Waals surface area (Å²) in [5.74, 6) is 0.526. The highest BCUT2D eigenvalue weighted by Gasteiger charge is 2.09. The predicted molar refractivity (Wildman–Crippen MR) is 82.9 cm³/mol. The van der Waals surface area contributed by atoms with Crippen LogP contribution in [0.1, 0.15) is 5.56 Å². The van der Waals surface area contributed by atoms with Gasteiger partial charge < -0.3 is 5.73 Å². The largest absolute Gasteiger partial charge is 0.369 e. The molecule has 3 rings (SSSR count). The van der Waals surface area contributed by atoms with Gasteiger partial charge in [-0.25, -0.2) is 4.98 Å². The number of nitrogens with two attached hydrogens (primary N) is 1. The van der Waals surface area contributed by atoms with Crippen molar-refractivity contribution in [2.45, 2.75) is 6.92 Å². The van der Waals surface area contributed by atoms with Crippen LogP contribution in [0.3, 0.4) is 0 Å². The summed E-state index contributed by atoms with van der Waals surface area (Å²) in [6.07, 6.45) is 0. The van der Waals surface area contributed by atoms with Crippen LogP contribution in [0.2, 0.25) is 0 Å². The molecule has 0 unspecified atom stereocenters. The molecule has 2 aromatic carbocycles. The first kappa shape index (κ1) is 11.5. The van der Waals surface area contributed by atoms with Gasteiger partial charge in [-0.3, -0.25) is 4.57 Å². The Labute approximate surface area is 119 Å². The second kappa shape index (κ2) is 4.28. The van der Waals surface area contributed by atoms with Crippen molar-refractivity contribution in [1.29, 1.82) is 0 Å². The van der Waals surface area contributed by atoms with Crippen LogP contribution in [0.5, 0.6) is 0 Å². The van der Waals surface area contributed by atoms with Crippen molar-refractivity contribution in [3.63, 3.8) is 0 Å². The van der Waals surface area contributed by atoms with E-state index < -0.39 is 0 Å². The molecule has 0 fully saturated rings. The van der Waals surface area contributed by atoms with Crippen LogP contribution < -0.4 is 5.73 Å². The average molecular weight is 349 g/mol. The number of aromatic nitrogens is 2. The molecule has 3 aromatic rings. The molecule has 0 aliphatic carbocycles. The standard InChI is InChI=1S/C14H12IN3/c1-9-3-2-4-11(7-9)18-13-6-5-10(15)8-12(13)17-14(18)16/h2-8H,1H3,(H2,16,17). The van der Waals surface area contributed by atoms with E-state index in [1.807, 2.05) is 22.8 Å². The number of fused-ring (bicyclic) bond motifs is 1. The van der Waals surface area contributed by atoms with Gasteiger partial charge in [0, 0.05) is 9.26 Å². The van der Waals surface area contributed by atoms with Crippen LogP contribution in [0.25, 0.3) is 16.7 Å². The number of nitrogen functional groups attached to an aromatic ring is 1. The summed E-state index contributed by atoms with van der Waals surface area (Å²) in [5, 5.41) is 0. The molecule has 2 N–H and O–H groups in total. The number of benzene rings is 2. The monoisotopic (exact) mass is 349 g/mol. The van der Waals surface area contributed by atoms with Crippen molar-refractivity contribution in [2.75, 3.05) is 5.73 Å². The van der Waals surface area contributed by atoms with Gasteiger partial charge in [-0.1, -0.05) is 12.1 Å². The smallest absolute Gasteiger partial charge is 0.205 e. The molecular weight excluding hydrogens is 337 g/mol. The topological polar surface area (TPSA) is 43.8 Å². The van der Waals surface area contributed by atoms with E-state index in [0.717, 1.165) is 20.3 Å². The molecule has 0 bridgehead atoms. The summed E-state index contributed by atoms with van der Waals surface area (Å²) in [4.78, 5) is 4.42. The molecule has 0 saturated heterocycles. The quantitative estimate of drug-likeness (QED) is 0.683. The van der Waals surface area contributed by atoms with E-state index in [9.17, 15) is 0 Å². The summed E-state index contributed by atoms with van der Waals surface area (Å²) in [5.41, 5.74) is 10.3. The van der Waals surface area contributed by atoms with E-state index in [0.29, 0.717) is 5.95 Å². The molecular formula is C14H12IN3. The van der Waals surface area contributed by atoms with E-state index >= 15 is 0 Å². The fraction of sp³-hybridized carbons (Fsp3) is 0.0714. The third-order valence-corrected chi connectivity index (χ3v) is 3.57. The van der Waals surface area contributed by atoms with Crippen molar-refractivity contribution in [3.8, 4) is 5.69 Å². The number of halogens is 1. The van der Waals surface area contributed by atoms with Gasteiger partial charge in [0.2, 0.25) is 5.95 Å². The van der Waals surface area contributed by atoms with Crippen LogP contribution in [0.15, 0.2) is 42.5 Å². The summed E-state index contributed by atoms with van der Waals surface area (Å²) in [6.45, 7) is 2.07. The Hall–Kier alpha value is -1.56. The van der Waals surface area contributed by atoms with Gasteiger partial charge in [-0.15, -0.1) is 0 Å². The molecule has 0 spiro atoms. The highest BCUT2D eigenvalue weighted by atomic mass is 127. The fourth-order valence-corrected chi connectivity index (χ4v) is 2.59. The van der Waals surface area contributed by atoms with Crippen molar-refractivity contribution in [2.24, 2.45) is 0 Å². The second-order valence-corrected chi connectivity index (χ2v) is 5.52. The zero-order valence-electron chi connectivity index (χ0n) is 9.89. The highest BCUT2D eigenvalue weighted by Crippen LogP contribution is 2.24. The van der Waals surface area contributed by atoms with Gasteiger partial charge in [0.1, 0.15) is 0 Å². The van der Waals surface area contributed by atoms with Crippen molar-refractivity contribution in [1.82, 2.24) is 9.55 Å². The Kier molecular flexibility index (Phi) is 2.74. The molecule has 4 heteroatoms. The van der Waals surface area contributed by atoms with Crippen molar-refractivity contribution < 1.29 is 0 Å². The number of nitrogens with zero attached hydrogens (tertiary/aromatic N) is 2. The average Bonchev–Trinajstić information content (AvgIpc) is 2.64. The third kappa shape index (κ3) is 1.86. The van der Waals surface area contributed by atoms with Crippen LogP contribution >= 0.6 is 22.6 Å². The van der Waals surface area contributed by atoms with Gasteiger partial charge in [-0.2, -0.15) is 0 Å². The Bertz CT molecular complexity index is 731. The lowest BCUT2D eigenvalue weighted by atomic mass is 10.2. The maximum absolute atomic E-state index is 6.03. The molecule has 90 valence electrons. The van der Waals surface area contributed by atoms with Crippen LogP contribution in [-0.2, 0) is 0 Å². The van der Waals surface area contributed by atoms with Gasteiger partial charge >= 0.3 is 0 Å². The third-order valence-electron chi connectivity index (χ3n) is 2.90. The maximum Gasteiger partial charge on any atom is 0.205 e. The molecule has 0 saturated carbocycles. The molecule has 0 atom stereocenters. The zero-order valence-corrected chi connectivity index (χ0v) is 12.0. The number of hydrogen-bond acceptors (Lipinski definition) is 2. The Morgan fingerprint density at radius 3 is 2.78 bits per heavy atom. The summed E-state index contributed by atoms with van der Waals surface area (Å²) < 4.78 is 3.15. The number of imidazole rings is 1. The molecule has 1 heterocycles. The molecule has 3 nitrogen and oxygen atoms in total. The number of hydrogen-bond donors (Lipinski definition) is 1. The molecule has 18 heavy (non-hydrogen) atoms. The second-order valence-electron chi connectivity index (χ2n) is 4.28. The maximum atomic E-state index is 6.03. The summed E-state index contributed by atoms with van der Waals surface area (Å²) >= 11 is 2.28. The fourth-order valence-electron chi connectivity index (χ4n) is 2.11. The molecule has 0 aliphatic heterocycles. The number of rotatable bonds is 1. The number of aryl methyl sites for hydroxylation is 1. The van der Waals surface area contributed by atoms with E-state index in [1.54, 1.807) is 0 Å². The number of anilines is 1. The van der Waals surface area contributed by atoms with Gasteiger partial charge in [-0.05, 0) is 65.4 Å². The molecule has 0 amide bonds. The van der Waals surface area contributed by atoms with Crippen LogP contribution in [0.4, 0.5) is 5.95 Å². The van der Waals surface area contributed by atoms with Crippen molar-refractivity contribution >= 4 is 39.6 Å². The van der Waals surface area contributed by atoms with Gasteiger partial charge in [0.15, 0.2) is 0 Å². The summed E-state index contributed by atoms with van der Waals surface area (Å²) in [6, 6.07) is 14.4. The Morgan fingerprint density at radius 1 is 1.17 bits per heavy atom. The minimum Gasteiger partial charge on any atom is -0.369 e. The molecule has 1 aromatic heterocycles. The highest BCUT2D eigenvalue weighted by molar-refractivity contribution is 14.1. The zero-order chi connectivity index (χ0) is 12.7. The minimum absolute atomic E-state index is 0.526.